The van der Waals surface area contributed by atoms with Crippen molar-refractivity contribution in [3.8, 4) is 0 Å². The van der Waals surface area contributed by atoms with Gasteiger partial charge in [-0.15, -0.1) is 10.2 Å². The first-order valence-electron chi connectivity index (χ1n) is 7.76. The maximum Gasteiger partial charge on any atom is 0.337 e. The van der Waals surface area contributed by atoms with E-state index in [9.17, 15) is 9.59 Å². The molecule has 124 valence electrons. The molecule has 1 N–H and O–H groups in total. The van der Waals surface area contributed by atoms with Gasteiger partial charge in [-0.3, -0.25) is 4.79 Å². The maximum absolute atomic E-state index is 12.2. The van der Waals surface area contributed by atoms with Gasteiger partial charge >= 0.3 is 5.97 Å². The Morgan fingerprint density at radius 1 is 1.04 bits per heavy atom. The fourth-order valence-electron chi connectivity index (χ4n) is 2.56. The molecule has 3 rings (SSSR count). The van der Waals surface area contributed by atoms with Crippen LogP contribution in [0.15, 0.2) is 36.4 Å². The molecule has 7 nitrogen and oxygen atoms in total. The van der Waals surface area contributed by atoms with Crippen molar-refractivity contribution in [3.05, 3.63) is 47.7 Å². The van der Waals surface area contributed by atoms with Gasteiger partial charge in [0.05, 0.1) is 12.7 Å². The SMILES string of the molecule is COC(=O)c1ccc(NC(=O)c2ccc(N3CCCC3)nn2)cc1. The number of carbonyl (C=O) groups is 2. The first-order chi connectivity index (χ1) is 11.7. The summed E-state index contributed by atoms with van der Waals surface area (Å²) in [5.74, 6) is 0.0315. The second kappa shape index (κ2) is 7.08. The Hall–Kier alpha value is -2.96. The summed E-state index contributed by atoms with van der Waals surface area (Å²) in [6.45, 7) is 1.96. The summed E-state index contributed by atoms with van der Waals surface area (Å²) in [6, 6.07) is 9.92. The van der Waals surface area contributed by atoms with Crippen molar-refractivity contribution in [1.82, 2.24) is 10.2 Å². The van der Waals surface area contributed by atoms with Crippen molar-refractivity contribution in [2.24, 2.45) is 0 Å². The lowest BCUT2D eigenvalue weighted by Crippen LogP contribution is -2.21. The van der Waals surface area contributed by atoms with Crippen molar-refractivity contribution in [2.75, 3.05) is 30.4 Å². The smallest absolute Gasteiger partial charge is 0.337 e. The number of benzene rings is 1. The van der Waals surface area contributed by atoms with Crippen LogP contribution in [0.3, 0.4) is 0 Å². The van der Waals surface area contributed by atoms with Gasteiger partial charge in [0.15, 0.2) is 11.5 Å². The zero-order valence-corrected chi connectivity index (χ0v) is 13.4. The molecule has 1 amide bonds. The van der Waals surface area contributed by atoms with Crippen molar-refractivity contribution in [2.45, 2.75) is 12.8 Å². The number of amides is 1. The van der Waals surface area contributed by atoms with Gasteiger partial charge in [-0.25, -0.2) is 4.79 Å². The van der Waals surface area contributed by atoms with Gasteiger partial charge in [0.2, 0.25) is 0 Å². The summed E-state index contributed by atoms with van der Waals surface area (Å²) in [4.78, 5) is 25.7. The van der Waals surface area contributed by atoms with E-state index in [1.54, 1.807) is 30.3 Å². The van der Waals surface area contributed by atoms with E-state index in [-0.39, 0.29) is 11.6 Å². The number of nitrogens with one attached hydrogen (secondary N) is 1. The molecule has 0 aliphatic carbocycles. The van der Waals surface area contributed by atoms with Crippen LogP contribution in [0.4, 0.5) is 11.5 Å². The Balaban J connectivity index is 1.65. The highest BCUT2D eigenvalue weighted by Crippen LogP contribution is 2.17. The van der Waals surface area contributed by atoms with Crippen LogP contribution in [0.25, 0.3) is 0 Å². The van der Waals surface area contributed by atoms with E-state index in [2.05, 4.69) is 25.2 Å². The number of hydrogen-bond acceptors (Lipinski definition) is 6. The second-order valence-corrected chi connectivity index (χ2v) is 5.49. The molecule has 24 heavy (non-hydrogen) atoms. The van der Waals surface area contributed by atoms with Gasteiger partial charge in [0, 0.05) is 18.8 Å². The molecule has 1 aromatic heterocycles. The van der Waals surface area contributed by atoms with Crippen LogP contribution in [0.5, 0.6) is 0 Å². The van der Waals surface area contributed by atoms with E-state index in [4.69, 9.17) is 0 Å². The van der Waals surface area contributed by atoms with Gasteiger partial charge < -0.3 is 15.0 Å². The maximum atomic E-state index is 12.2. The lowest BCUT2D eigenvalue weighted by atomic mass is 10.2. The Labute approximate surface area is 139 Å². The Kier molecular flexibility index (Phi) is 4.69. The highest BCUT2D eigenvalue weighted by Gasteiger charge is 2.15. The minimum Gasteiger partial charge on any atom is -0.465 e. The quantitative estimate of drug-likeness (QED) is 0.866. The lowest BCUT2D eigenvalue weighted by molar-refractivity contribution is 0.0600. The molecule has 1 saturated heterocycles. The molecule has 0 spiro atoms. The number of anilines is 2. The summed E-state index contributed by atoms with van der Waals surface area (Å²) < 4.78 is 4.63. The van der Waals surface area contributed by atoms with Gasteiger partial charge in [0.1, 0.15) is 0 Å². The molecule has 0 saturated carbocycles. The van der Waals surface area contributed by atoms with E-state index in [0.29, 0.717) is 11.3 Å². The zero-order valence-electron chi connectivity index (χ0n) is 13.4. The van der Waals surface area contributed by atoms with Gasteiger partial charge in [0.25, 0.3) is 5.91 Å². The molecule has 0 bridgehead atoms. The average molecular weight is 326 g/mol. The van der Waals surface area contributed by atoms with E-state index in [0.717, 1.165) is 31.7 Å². The molecule has 1 aliphatic heterocycles. The number of aromatic nitrogens is 2. The van der Waals surface area contributed by atoms with Crippen LogP contribution in [0, 0.1) is 0 Å². The van der Waals surface area contributed by atoms with E-state index in [1.165, 1.54) is 7.11 Å². The second-order valence-electron chi connectivity index (χ2n) is 5.49. The Morgan fingerprint density at radius 3 is 2.33 bits per heavy atom. The molecule has 1 fully saturated rings. The molecule has 0 unspecified atom stereocenters. The number of rotatable bonds is 4. The highest BCUT2D eigenvalue weighted by molar-refractivity contribution is 6.03. The third-order valence-electron chi connectivity index (χ3n) is 3.88. The van der Waals surface area contributed by atoms with Crippen molar-refractivity contribution < 1.29 is 14.3 Å². The van der Waals surface area contributed by atoms with Crippen LogP contribution < -0.4 is 10.2 Å². The minimum atomic E-state index is -0.420. The largest absolute Gasteiger partial charge is 0.465 e. The molecular formula is C17H18N4O3. The number of ether oxygens (including phenoxy) is 1. The number of hydrogen-bond donors (Lipinski definition) is 1. The van der Waals surface area contributed by atoms with Crippen molar-refractivity contribution >= 4 is 23.4 Å². The number of carbonyl (C=O) groups excluding carboxylic acids is 2. The predicted molar refractivity (Wildman–Crippen MR) is 89.2 cm³/mol. The average Bonchev–Trinajstić information content (AvgIpc) is 3.16. The normalized spacial score (nSPS) is 13.6. The van der Waals surface area contributed by atoms with Crippen LogP contribution >= 0.6 is 0 Å². The van der Waals surface area contributed by atoms with Crippen LogP contribution in [-0.2, 0) is 4.74 Å². The topological polar surface area (TPSA) is 84.4 Å². The Bertz CT molecular complexity index is 723. The van der Waals surface area contributed by atoms with E-state index >= 15 is 0 Å². The van der Waals surface area contributed by atoms with E-state index in [1.807, 2.05) is 6.07 Å². The molecule has 1 aromatic carbocycles. The van der Waals surface area contributed by atoms with Crippen LogP contribution in [0.2, 0.25) is 0 Å². The predicted octanol–water partition coefficient (Wildman–Crippen LogP) is 2.12. The first kappa shape index (κ1) is 15.9. The molecule has 1 aliphatic rings. The fraction of sp³-hybridized carbons (Fsp3) is 0.294. The van der Waals surface area contributed by atoms with Gasteiger partial charge in [-0.2, -0.15) is 0 Å². The number of esters is 1. The number of methoxy groups -OCH3 is 1. The third-order valence-corrected chi connectivity index (χ3v) is 3.88. The summed E-state index contributed by atoms with van der Waals surface area (Å²) in [6.07, 6.45) is 2.32. The van der Waals surface area contributed by atoms with Gasteiger partial charge in [-0.1, -0.05) is 0 Å². The summed E-state index contributed by atoms with van der Waals surface area (Å²) in [7, 11) is 1.32. The third kappa shape index (κ3) is 3.51. The fourth-order valence-corrected chi connectivity index (χ4v) is 2.56. The standard InChI is InChI=1S/C17H18N4O3/c1-24-17(23)12-4-6-13(7-5-12)18-16(22)14-8-9-15(20-19-14)21-10-2-3-11-21/h4-9H,2-3,10-11H2,1H3,(H,18,22). The lowest BCUT2D eigenvalue weighted by Gasteiger charge is -2.15. The van der Waals surface area contributed by atoms with Crippen LogP contribution in [0.1, 0.15) is 33.7 Å². The monoisotopic (exact) mass is 326 g/mol. The molecule has 7 heteroatoms. The summed E-state index contributed by atoms with van der Waals surface area (Å²) in [5, 5.41) is 10.9. The Morgan fingerprint density at radius 2 is 1.75 bits per heavy atom. The van der Waals surface area contributed by atoms with Crippen LogP contribution in [-0.4, -0.2) is 42.3 Å². The van der Waals surface area contributed by atoms with E-state index < -0.39 is 5.97 Å². The summed E-state index contributed by atoms with van der Waals surface area (Å²) >= 11 is 0. The number of nitrogens with zero attached hydrogens (tertiary/aromatic N) is 3. The first-order valence-corrected chi connectivity index (χ1v) is 7.76. The molecule has 2 aromatic rings. The molecule has 0 radical (unpaired) electrons. The van der Waals surface area contributed by atoms with Gasteiger partial charge in [-0.05, 0) is 49.2 Å². The van der Waals surface area contributed by atoms with Crippen molar-refractivity contribution in [1.29, 1.82) is 0 Å². The van der Waals surface area contributed by atoms with Crippen molar-refractivity contribution in [3.63, 3.8) is 0 Å². The molecule has 0 atom stereocenters. The minimum absolute atomic E-state index is 0.245. The highest BCUT2D eigenvalue weighted by atomic mass is 16.5. The molecular weight excluding hydrogens is 308 g/mol. The zero-order chi connectivity index (χ0) is 16.9. The summed E-state index contributed by atoms with van der Waals surface area (Å²) in [5.41, 5.74) is 1.23. The molecule has 2 heterocycles.